The largest absolute Gasteiger partial charge is 0.405 e. The molecule has 0 aliphatic carbocycles. The quantitative estimate of drug-likeness (QED) is 0.865. The summed E-state index contributed by atoms with van der Waals surface area (Å²) in [6.07, 6.45) is -4.41. The number of halogens is 4. The summed E-state index contributed by atoms with van der Waals surface area (Å²) >= 11 is 3.15. The highest BCUT2D eigenvalue weighted by Gasteiger charge is 2.27. The van der Waals surface area contributed by atoms with Crippen molar-refractivity contribution in [3.8, 4) is 0 Å². The molecule has 3 nitrogen and oxygen atoms in total. The SMILES string of the molecule is O=C(NCC(F)(F)F)Nc1ccccc1Br. The van der Waals surface area contributed by atoms with Gasteiger partial charge in [0.1, 0.15) is 6.54 Å². The molecule has 0 aliphatic rings. The van der Waals surface area contributed by atoms with Crippen molar-refractivity contribution in [1.82, 2.24) is 5.32 Å². The first-order chi connectivity index (χ1) is 7.38. The van der Waals surface area contributed by atoms with Crippen molar-refractivity contribution in [3.05, 3.63) is 28.7 Å². The highest BCUT2D eigenvalue weighted by atomic mass is 79.9. The maximum atomic E-state index is 11.8. The van der Waals surface area contributed by atoms with Crippen LogP contribution in [-0.2, 0) is 0 Å². The van der Waals surface area contributed by atoms with Crippen molar-refractivity contribution >= 4 is 27.6 Å². The van der Waals surface area contributed by atoms with Crippen molar-refractivity contribution in [2.45, 2.75) is 6.18 Å². The Kier molecular flexibility index (Phi) is 4.17. The number of hydrogen-bond donors (Lipinski definition) is 2. The van der Waals surface area contributed by atoms with Crippen LogP contribution < -0.4 is 10.6 Å². The zero-order valence-electron chi connectivity index (χ0n) is 7.94. The summed E-state index contributed by atoms with van der Waals surface area (Å²) in [5, 5.41) is 3.99. The highest BCUT2D eigenvalue weighted by Crippen LogP contribution is 2.21. The Morgan fingerprint density at radius 2 is 1.94 bits per heavy atom. The van der Waals surface area contributed by atoms with Gasteiger partial charge in [0.2, 0.25) is 0 Å². The van der Waals surface area contributed by atoms with E-state index in [0.29, 0.717) is 10.2 Å². The van der Waals surface area contributed by atoms with Gasteiger partial charge in [-0.3, -0.25) is 0 Å². The van der Waals surface area contributed by atoms with Crippen LogP contribution in [0.25, 0.3) is 0 Å². The van der Waals surface area contributed by atoms with Gasteiger partial charge in [0.15, 0.2) is 0 Å². The van der Waals surface area contributed by atoms with Crippen molar-refractivity contribution in [2.75, 3.05) is 11.9 Å². The first-order valence-electron chi connectivity index (χ1n) is 4.24. The van der Waals surface area contributed by atoms with Crippen LogP contribution >= 0.6 is 15.9 Å². The summed E-state index contributed by atoms with van der Waals surface area (Å²) in [5.41, 5.74) is 0.405. The van der Waals surface area contributed by atoms with E-state index >= 15 is 0 Å². The van der Waals surface area contributed by atoms with Crippen LogP contribution in [0.15, 0.2) is 28.7 Å². The van der Waals surface area contributed by atoms with Gasteiger partial charge in [0.05, 0.1) is 5.69 Å². The Hall–Kier alpha value is -1.24. The molecule has 1 rings (SSSR count). The Labute approximate surface area is 98.2 Å². The molecule has 2 amide bonds. The molecule has 1 aromatic carbocycles. The molecule has 1 aromatic rings. The molecule has 0 aliphatic heterocycles. The Morgan fingerprint density at radius 3 is 2.50 bits per heavy atom. The number of anilines is 1. The molecule has 0 unspecified atom stereocenters. The number of hydrogen-bond acceptors (Lipinski definition) is 1. The molecule has 0 fully saturated rings. The van der Waals surface area contributed by atoms with Crippen LogP contribution in [0.3, 0.4) is 0 Å². The predicted molar refractivity (Wildman–Crippen MR) is 57.2 cm³/mol. The first kappa shape index (κ1) is 12.8. The fourth-order valence-corrected chi connectivity index (χ4v) is 1.29. The molecule has 0 heterocycles. The van der Waals surface area contributed by atoms with Crippen LogP contribution in [-0.4, -0.2) is 18.8 Å². The standard InChI is InChI=1S/C9H8BrF3N2O/c10-6-3-1-2-4-7(6)15-8(16)14-5-9(11,12)13/h1-4H,5H2,(H2,14,15,16). The summed E-state index contributed by atoms with van der Waals surface area (Å²) in [7, 11) is 0. The van der Waals surface area contributed by atoms with Gasteiger partial charge in [0.25, 0.3) is 0 Å². The zero-order chi connectivity index (χ0) is 12.2. The van der Waals surface area contributed by atoms with Crippen molar-refractivity contribution < 1.29 is 18.0 Å². The van der Waals surface area contributed by atoms with E-state index in [0.717, 1.165) is 0 Å². The number of carbonyl (C=O) groups excluding carboxylic acids is 1. The van der Waals surface area contributed by atoms with E-state index in [-0.39, 0.29) is 0 Å². The molecule has 7 heteroatoms. The molecule has 0 spiro atoms. The number of alkyl halides is 3. The second kappa shape index (κ2) is 5.20. The number of urea groups is 1. The van der Waals surface area contributed by atoms with E-state index in [4.69, 9.17) is 0 Å². The molecule has 0 aromatic heterocycles. The first-order valence-corrected chi connectivity index (χ1v) is 5.04. The van der Waals surface area contributed by atoms with Crippen molar-refractivity contribution in [2.24, 2.45) is 0 Å². The summed E-state index contributed by atoms with van der Waals surface area (Å²) in [6, 6.07) is 5.72. The monoisotopic (exact) mass is 296 g/mol. The third kappa shape index (κ3) is 4.52. The highest BCUT2D eigenvalue weighted by molar-refractivity contribution is 9.10. The average molecular weight is 297 g/mol. The molecular weight excluding hydrogens is 289 g/mol. The van der Waals surface area contributed by atoms with Crippen LogP contribution in [0.4, 0.5) is 23.7 Å². The normalized spacial score (nSPS) is 11.0. The summed E-state index contributed by atoms with van der Waals surface area (Å²) in [5.74, 6) is 0. The molecule has 88 valence electrons. The number of amides is 2. The lowest BCUT2D eigenvalue weighted by atomic mass is 10.3. The fourth-order valence-electron chi connectivity index (χ4n) is 0.910. The number of para-hydroxylation sites is 1. The number of carbonyl (C=O) groups is 1. The molecule has 0 saturated heterocycles. The van der Waals surface area contributed by atoms with E-state index in [1.165, 1.54) is 0 Å². The molecule has 0 radical (unpaired) electrons. The van der Waals surface area contributed by atoms with E-state index in [2.05, 4.69) is 21.2 Å². The topological polar surface area (TPSA) is 41.1 Å². The predicted octanol–water partition coefficient (Wildman–Crippen LogP) is 3.13. The minimum Gasteiger partial charge on any atom is -0.329 e. The van der Waals surface area contributed by atoms with Gasteiger partial charge in [-0.2, -0.15) is 13.2 Å². The maximum absolute atomic E-state index is 11.8. The smallest absolute Gasteiger partial charge is 0.329 e. The van der Waals surface area contributed by atoms with Crippen LogP contribution in [0.1, 0.15) is 0 Å². The van der Waals surface area contributed by atoms with Gasteiger partial charge in [-0.1, -0.05) is 12.1 Å². The average Bonchev–Trinajstić information content (AvgIpc) is 2.18. The maximum Gasteiger partial charge on any atom is 0.405 e. The fraction of sp³-hybridized carbons (Fsp3) is 0.222. The Morgan fingerprint density at radius 1 is 1.31 bits per heavy atom. The van der Waals surface area contributed by atoms with E-state index in [9.17, 15) is 18.0 Å². The number of benzene rings is 1. The molecule has 0 atom stereocenters. The molecule has 0 bridgehead atoms. The third-order valence-electron chi connectivity index (χ3n) is 1.57. The molecule has 2 N–H and O–H groups in total. The lowest BCUT2D eigenvalue weighted by Crippen LogP contribution is -2.36. The van der Waals surface area contributed by atoms with Gasteiger partial charge < -0.3 is 10.6 Å². The minimum absolute atomic E-state index is 0.405. The molecular formula is C9H8BrF3N2O. The van der Waals surface area contributed by atoms with Crippen LogP contribution in [0, 0.1) is 0 Å². The van der Waals surface area contributed by atoms with Gasteiger partial charge in [-0.15, -0.1) is 0 Å². The Bertz CT molecular complexity index is 381. The second-order valence-corrected chi connectivity index (χ2v) is 3.76. The lowest BCUT2D eigenvalue weighted by Gasteiger charge is -2.10. The number of nitrogens with one attached hydrogen (secondary N) is 2. The summed E-state index contributed by atoms with van der Waals surface area (Å²) < 4.78 is 35.9. The van der Waals surface area contributed by atoms with E-state index in [1.807, 2.05) is 0 Å². The second-order valence-electron chi connectivity index (χ2n) is 2.90. The zero-order valence-corrected chi connectivity index (χ0v) is 9.52. The third-order valence-corrected chi connectivity index (χ3v) is 2.26. The lowest BCUT2D eigenvalue weighted by molar-refractivity contribution is -0.122. The van der Waals surface area contributed by atoms with Gasteiger partial charge in [-0.05, 0) is 28.1 Å². The molecule has 0 saturated carbocycles. The minimum atomic E-state index is -4.41. The van der Waals surface area contributed by atoms with Gasteiger partial charge in [-0.25, -0.2) is 4.79 Å². The van der Waals surface area contributed by atoms with E-state index < -0.39 is 18.8 Å². The van der Waals surface area contributed by atoms with Crippen molar-refractivity contribution in [3.63, 3.8) is 0 Å². The summed E-state index contributed by atoms with van der Waals surface area (Å²) in [6.45, 7) is -1.36. The van der Waals surface area contributed by atoms with E-state index in [1.54, 1.807) is 29.6 Å². The number of rotatable bonds is 2. The van der Waals surface area contributed by atoms with Gasteiger partial charge >= 0.3 is 12.2 Å². The molecule has 16 heavy (non-hydrogen) atoms. The van der Waals surface area contributed by atoms with Gasteiger partial charge in [0, 0.05) is 4.47 Å². The van der Waals surface area contributed by atoms with Crippen molar-refractivity contribution in [1.29, 1.82) is 0 Å². The Balaban J connectivity index is 2.50. The van der Waals surface area contributed by atoms with Crippen LogP contribution in [0.5, 0.6) is 0 Å². The summed E-state index contributed by atoms with van der Waals surface area (Å²) in [4.78, 5) is 11.1. The van der Waals surface area contributed by atoms with Crippen LogP contribution in [0.2, 0.25) is 0 Å².